The van der Waals surface area contributed by atoms with E-state index in [1.807, 2.05) is 10.6 Å². The highest BCUT2D eigenvalue weighted by atomic mass is 19.2. The van der Waals surface area contributed by atoms with Crippen molar-refractivity contribution in [3.05, 3.63) is 59.8 Å². The van der Waals surface area contributed by atoms with Crippen molar-refractivity contribution in [2.24, 2.45) is 0 Å². The molecule has 0 aliphatic heterocycles. The van der Waals surface area contributed by atoms with Gasteiger partial charge in [0.15, 0.2) is 22.9 Å². The Morgan fingerprint density at radius 3 is 2.68 bits per heavy atom. The Morgan fingerprint density at radius 1 is 1.04 bits per heavy atom. The van der Waals surface area contributed by atoms with Crippen molar-refractivity contribution < 1.29 is 8.78 Å². The molecule has 0 radical (unpaired) electrons. The third-order valence-corrected chi connectivity index (χ3v) is 5.07. The number of aromatic nitrogens is 5. The molecule has 0 aliphatic rings. The zero-order valence-corrected chi connectivity index (χ0v) is 15.9. The first-order chi connectivity index (χ1) is 13.6. The first-order valence-electron chi connectivity index (χ1n) is 9.48. The van der Waals surface area contributed by atoms with Crippen LogP contribution in [0.5, 0.6) is 0 Å². The van der Waals surface area contributed by atoms with Crippen LogP contribution in [0, 0.1) is 11.6 Å². The fraction of sp³-hybridized carbons (Fsp3) is 0.333. The minimum absolute atomic E-state index is 0.0357. The topological polar surface area (TPSA) is 56.5 Å². The van der Waals surface area contributed by atoms with Crippen molar-refractivity contribution in [3.63, 3.8) is 0 Å². The van der Waals surface area contributed by atoms with Crippen molar-refractivity contribution >= 4 is 22.2 Å². The van der Waals surface area contributed by atoms with Gasteiger partial charge in [0.1, 0.15) is 11.3 Å². The molecule has 1 aromatic carbocycles. The van der Waals surface area contributed by atoms with Crippen LogP contribution in [0.4, 0.5) is 8.78 Å². The second-order valence-corrected chi connectivity index (χ2v) is 7.03. The van der Waals surface area contributed by atoms with Crippen LogP contribution in [0.3, 0.4) is 0 Å². The predicted molar refractivity (Wildman–Crippen MR) is 104 cm³/mol. The Balaban J connectivity index is 1.84. The van der Waals surface area contributed by atoms with Gasteiger partial charge in [0.25, 0.3) is 0 Å². The molecule has 4 aromatic rings. The lowest BCUT2D eigenvalue weighted by atomic mass is 10.0. The molecule has 0 saturated heterocycles. The summed E-state index contributed by atoms with van der Waals surface area (Å²) in [6.45, 7) is 4.74. The highest BCUT2D eigenvalue weighted by molar-refractivity contribution is 5.82. The Bertz CT molecular complexity index is 1140. The molecule has 4 rings (SSSR count). The number of benzene rings is 1. The molecule has 0 fully saturated rings. The van der Waals surface area contributed by atoms with Gasteiger partial charge in [-0.3, -0.25) is 4.98 Å². The molecule has 0 saturated carbocycles. The molecule has 144 valence electrons. The number of hydrogen-bond acceptors (Lipinski definition) is 4. The van der Waals surface area contributed by atoms with E-state index in [0.717, 1.165) is 36.7 Å². The molecular formula is C21H21F2N5. The second kappa shape index (κ2) is 7.58. The average molecular weight is 381 g/mol. The first kappa shape index (κ1) is 18.4. The van der Waals surface area contributed by atoms with Gasteiger partial charge in [-0.05, 0) is 30.2 Å². The molecule has 0 bridgehead atoms. The Hall–Kier alpha value is -2.96. The molecule has 1 atom stereocenters. The van der Waals surface area contributed by atoms with Gasteiger partial charge in [0, 0.05) is 29.9 Å². The number of hydrogen-bond donors (Lipinski definition) is 0. The lowest BCUT2D eigenvalue weighted by molar-refractivity contribution is 0.515. The van der Waals surface area contributed by atoms with Crippen molar-refractivity contribution in [1.82, 2.24) is 24.5 Å². The summed E-state index contributed by atoms with van der Waals surface area (Å²) in [4.78, 5) is 17.5. The highest BCUT2D eigenvalue weighted by Gasteiger charge is 2.19. The van der Waals surface area contributed by atoms with Crippen molar-refractivity contribution in [2.45, 2.75) is 45.6 Å². The summed E-state index contributed by atoms with van der Waals surface area (Å²) in [7, 11) is 0. The van der Waals surface area contributed by atoms with Crippen LogP contribution >= 0.6 is 0 Å². The summed E-state index contributed by atoms with van der Waals surface area (Å²) in [5, 5.41) is 0.583. The van der Waals surface area contributed by atoms with E-state index in [2.05, 4.69) is 28.8 Å². The van der Waals surface area contributed by atoms with Crippen LogP contribution in [0.2, 0.25) is 0 Å². The van der Waals surface area contributed by atoms with E-state index < -0.39 is 11.6 Å². The molecule has 7 heteroatoms. The SMILES string of the molecule is CCCCC(C)c1nc2nccnc2n1Cc1ccnc2c(F)c(F)ccc12. The van der Waals surface area contributed by atoms with Gasteiger partial charge in [-0.1, -0.05) is 26.7 Å². The smallest absolute Gasteiger partial charge is 0.197 e. The minimum Gasteiger partial charge on any atom is -0.307 e. The number of halogens is 2. The van der Waals surface area contributed by atoms with Gasteiger partial charge < -0.3 is 4.57 Å². The molecular weight excluding hydrogens is 360 g/mol. The lowest BCUT2D eigenvalue weighted by Gasteiger charge is -2.15. The van der Waals surface area contributed by atoms with E-state index in [9.17, 15) is 8.78 Å². The maximum Gasteiger partial charge on any atom is 0.197 e. The number of pyridine rings is 1. The number of nitrogens with zero attached hydrogens (tertiary/aromatic N) is 5. The van der Waals surface area contributed by atoms with Gasteiger partial charge >= 0.3 is 0 Å². The van der Waals surface area contributed by atoms with Crippen LogP contribution in [0.1, 0.15) is 50.4 Å². The quantitative estimate of drug-likeness (QED) is 0.472. The lowest BCUT2D eigenvalue weighted by Crippen LogP contribution is -2.10. The van der Waals surface area contributed by atoms with Crippen molar-refractivity contribution in [3.8, 4) is 0 Å². The summed E-state index contributed by atoms with van der Waals surface area (Å²) in [6, 6.07) is 4.53. The summed E-state index contributed by atoms with van der Waals surface area (Å²) in [5.74, 6) is -0.684. The molecule has 3 aromatic heterocycles. The Kier molecular flexibility index (Phi) is 4.98. The minimum atomic E-state index is -0.925. The maximum atomic E-state index is 14.2. The van der Waals surface area contributed by atoms with Crippen LogP contribution < -0.4 is 0 Å². The van der Waals surface area contributed by atoms with E-state index in [-0.39, 0.29) is 11.4 Å². The largest absolute Gasteiger partial charge is 0.307 e. The fourth-order valence-electron chi connectivity index (χ4n) is 3.57. The van der Waals surface area contributed by atoms with Crippen molar-refractivity contribution in [2.75, 3.05) is 0 Å². The predicted octanol–water partition coefficient (Wildman–Crippen LogP) is 4.99. The molecule has 5 nitrogen and oxygen atoms in total. The highest BCUT2D eigenvalue weighted by Crippen LogP contribution is 2.27. The number of imidazole rings is 1. The third kappa shape index (κ3) is 3.21. The van der Waals surface area contributed by atoms with Crippen LogP contribution in [0.25, 0.3) is 22.2 Å². The standard InChI is InChI=1S/C21H21F2N5/c1-3-4-5-13(2)20-27-19-21(26-11-10-25-19)28(20)12-14-8-9-24-18-15(14)6-7-16(22)17(18)23/h6-11,13H,3-5,12H2,1-2H3. The second-order valence-electron chi connectivity index (χ2n) is 7.03. The van der Waals surface area contributed by atoms with E-state index in [1.165, 1.54) is 6.20 Å². The van der Waals surface area contributed by atoms with Gasteiger partial charge in [-0.15, -0.1) is 0 Å². The Labute approximate surface area is 161 Å². The first-order valence-corrected chi connectivity index (χ1v) is 9.48. The molecule has 3 heterocycles. The zero-order valence-electron chi connectivity index (χ0n) is 15.9. The molecule has 1 unspecified atom stereocenters. The van der Waals surface area contributed by atoms with E-state index in [4.69, 9.17) is 4.98 Å². The van der Waals surface area contributed by atoms with Gasteiger partial charge in [0.2, 0.25) is 0 Å². The summed E-state index contributed by atoms with van der Waals surface area (Å²) < 4.78 is 29.8. The summed E-state index contributed by atoms with van der Waals surface area (Å²) in [6.07, 6.45) is 8.00. The summed E-state index contributed by atoms with van der Waals surface area (Å²) >= 11 is 0. The normalized spacial score (nSPS) is 12.7. The Morgan fingerprint density at radius 2 is 1.86 bits per heavy atom. The molecule has 0 amide bonds. The fourth-order valence-corrected chi connectivity index (χ4v) is 3.57. The molecule has 0 aliphatic carbocycles. The monoisotopic (exact) mass is 381 g/mol. The number of rotatable bonds is 6. The molecule has 28 heavy (non-hydrogen) atoms. The van der Waals surface area contributed by atoms with E-state index in [0.29, 0.717) is 23.2 Å². The van der Waals surface area contributed by atoms with E-state index in [1.54, 1.807) is 18.5 Å². The van der Waals surface area contributed by atoms with Crippen molar-refractivity contribution in [1.29, 1.82) is 0 Å². The van der Waals surface area contributed by atoms with Gasteiger partial charge in [-0.2, -0.15) is 0 Å². The zero-order chi connectivity index (χ0) is 19.7. The third-order valence-electron chi connectivity index (χ3n) is 5.07. The molecule has 0 spiro atoms. The van der Waals surface area contributed by atoms with Gasteiger partial charge in [0.05, 0.1) is 6.54 Å². The van der Waals surface area contributed by atoms with E-state index >= 15 is 0 Å². The summed E-state index contributed by atoms with van der Waals surface area (Å²) in [5.41, 5.74) is 2.15. The number of fused-ring (bicyclic) bond motifs is 2. The van der Waals surface area contributed by atoms with Crippen LogP contribution in [0.15, 0.2) is 36.8 Å². The number of unbranched alkanes of at least 4 members (excludes halogenated alkanes) is 1. The maximum absolute atomic E-state index is 14.2. The average Bonchev–Trinajstić information content (AvgIpc) is 3.08. The van der Waals surface area contributed by atoms with Crippen LogP contribution in [-0.2, 0) is 6.54 Å². The molecule has 0 N–H and O–H groups in total. The van der Waals surface area contributed by atoms with Gasteiger partial charge in [-0.25, -0.2) is 23.7 Å². The van der Waals surface area contributed by atoms with Crippen LogP contribution in [-0.4, -0.2) is 24.5 Å².